The minimum atomic E-state index is 0.577. The van der Waals surface area contributed by atoms with Crippen LogP contribution in [-0.2, 0) is 0 Å². The molecule has 0 aliphatic carbocycles. The highest BCUT2D eigenvalue weighted by Gasteiger charge is 2.21. The monoisotopic (exact) mass is 955 g/mol. The van der Waals surface area contributed by atoms with E-state index in [4.69, 9.17) is 19.4 Å². The highest BCUT2D eigenvalue weighted by atomic mass is 16.3. The third-order valence-corrected chi connectivity index (χ3v) is 15.3. The van der Waals surface area contributed by atoms with Crippen LogP contribution in [0.5, 0.6) is 0 Å². The fraction of sp³-hybridized carbons (Fsp3) is 0. The highest BCUT2D eigenvalue weighted by molar-refractivity contribution is 6.21. The molecule has 75 heavy (non-hydrogen) atoms. The molecule has 0 aliphatic heterocycles. The number of rotatable bonds is 6. The van der Waals surface area contributed by atoms with Gasteiger partial charge in [0.15, 0.2) is 17.5 Å². The van der Waals surface area contributed by atoms with Crippen LogP contribution in [0.2, 0.25) is 0 Å². The van der Waals surface area contributed by atoms with Crippen molar-refractivity contribution in [3.05, 3.63) is 249 Å². The van der Waals surface area contributed by atoms with Crippen molar-refractivity contribution in [2.45, 2.75) is 0 Å². The van der Waals surface area contributed by atoms with Crippen molar-refractivity contribution in [2.75, 3.05) is 0 Å². The van der Waals surface area contributed by atoms with Gasteiger partial charge in [0.2, 0.25) is 0 Å². The number of furan rings is 1. The molecule has 0 fully saturated rings. The van der Waals surface area contributed by atoms with E-state index in [0.29, 0.717) is 17.5 Å². The van der Waals surface area contributed by atoms with E-state index in [1.165, 1.54) is 48.7 Å². The number of nitrogens with zero attached hydrogens (tertiary/aromatic N) is 5. The Morgan fingerprint density at radius 3 is 1.45 bits per heavy atom. The van der Waals surface area contributed by atoms with Gasteiger partial charge in [0.05, 0.1) is 22.1 Å². The summed E-state index contributed by atoms with van der Waals surface area (Å²) in [7, 11) is 0. The lowest BCUT2D eigenvalue weighted by atomic mass is 10.0. The topological polar surface area (TPSA) is 61.7 Å². The van der Waals surface area contributed by atoms with Crippen LogP contribution < -0.4 is 0 Å². The Morgan fingerprint density at radius 2 is 0.747 bits per heavy atom. The van der Waals surface area contributed by atoms with Crippen LogP contribution in [0.25, 0.3) is 155 Å². The van der Waals surface area contributed by atoms with Crippen LogP contribution in [0.4, 0.5) is 0 Å². The molecule has 6 nitrogen and oxygen atoms in total. The maximum Gasteiger partial charge on any atom is 0.164 e. The third kappa shape index (κ3) is 6.56. The summed E-state index contributed by atoms with van der Waals surface area (Å²) in [5, 5.41) is 14.0. The summed E-state index contributed by atoms with van der Waals surface area (Å²) >= 11 is 0. The number of hydrogen-bond donors (Lipinski definition) is 0. The molecule has 4 aromatic heterocycles. The first-order valence-corrected chi connectivity index (χ1v) is 25.4. The van der Waals surface area contributed by atoms with E-state index in [1.54, 1.807) is 0 Å². The Bertz CT molecular complexity index is 4900. The van der Waals surface area contributed by atoms with Crippen molar-refractivity contribution < 1.29 is 4.42 Å². The van der Waals surface area contributed by atoms with Gasteiger partial charge < -0.3 is 13.6 Å². The molecule has 12 aromatic carbocycles. The molecule has 0 atom stereocenters. The van der Waals surface area contributed by atoms with Crippen molar-refractivity contribution in [1.29, 1.82) is 0 Å². The van der Waals surface area contributed by atoms with Gasteiger partial charge in [0.25, 0.3) is 0 Å². The summed E-state index contributed by atoms with van der Waals surface area (Å²) < 4.78 is 11.5. The zero-order chi connectivity index (χ0) is 49.1. The normalized spacial score (nSPS) is 12.0. The van der Waals surface area contributed by atoms with E-state index in [0.717, 1.165) is 88.3 Å². The first kappa shape index (κ1) is 41.4. The lowest BCUT2D eigenvalue weighted by molar-refractivity contribution is 0.669. The summed E-state index contributed by atoms with van der Waals surface area (Å²) in [6.45, 7) is 0. The number of hydrogen-bond acceptors (Lipinski definition) is 4. The molecule has 0 aliphatic rings. The Morgan fingerprint density at radius 1 is 0.253 bits per heavy atom. The van der Waals surface area contributed by atoms with Gasteiger partial charge in [-0.3, -0.25) is 0 Å². The van der Waals surface area contributed by atoms with Gasteiger partial charge in [-0.05, 0) is 128 Å². The largest absolute Gasteiger partial charge is 0.456 e. The molecule has 16 aromatic rings. The summed E-state index contributed by atoms with van der Waals surface area (Å²) in [5.74, 6) is 1.76. The van der Waals surface area contributed by atoms with Gasteiger partial charge in [-0.15, -0.1) is 0 Å². The molecule has 0 bridgehead atoms. The molecule has 0 radical (unpaired) electrons. The molecule has 4 heterocycles. The highest BCUT2D eigenvalue weighted by Crippen LogP contribution is 2.42. The number of fused-ring (bicyclic) bond motifs is 13. The number of aromatic nitrogens is 5. The van der Waals surface area contributed by atoms with E-state index in [1.807, 2.05) is 6.07 Å². The minimum absolute atomic E-state index is 0.577. The molecular formula is C69H41N5O. The van der Waals surface area contributed by atoms with E-state index >= 15 is 0 Å². The van der Waals surface area contributed by atoms with Crippen molar-refractivity contribution >= 4 is 97.9 Å². The molecular weight excluding hydrogens is 915 g/mol. The predicted molar refractivity (Wildman–Crippen MR) is 310 cm³/mol. The first-order chi connectivity index (χ1) is 37.1. The van der Waals surface area contributed by atoms with Crippen LogP contribution in [0.15, 0.2) is 253 Å². The Hall–Kier alpha value is -10.2. The van der Waals surface area contributed by atoms with Gasteiger partial charge in [-0.1, -0.05) is 164 Å². The molecule has 0 saturated carbocycles. The van der Waals surface area contributed by atoms with E-state index < -0.39 is 0 Å². The molecule has 0 unspecified atom stereocenters. The Labute approximate surface area is 429 Å². The Balaban J connectivity index is 0.894. The quantitative estimate of drug-likeness (QED) is 0.167. The average molecular weight is 956 g/mol. The van der Waals surface area contributed by atoms with Crippen molar-refractivity contribution in [3.8, 4) is 56.7 Å². The summed E-state index contributed by atoms with van der Waals surface area (Å²) in [6.07, 6.45) is 0. The lowest BCUT2D eigenvalue weighted by Crippen LogP contribution is -2.00. The minimum Gasteiger partial charge on any atom is -0.456 e. The SMILES string of the molecule is c1ccc(-c2ccc(-c3nc(-c4ccc5oc6ccc7ccc(-n8c9cc%10ccccc%10cc9c9cc%10ccccc%10cc98)cc7c6c5c4)nc(-c4ccc5c6ccccc6n(-c6ccccc6)c5c4)n3)cc2)cc1. The van der Waals surface area contributed by atoms with E-state index in [2.05, 4.69) is 252 Å². The van der Waals surface area contributed by atoms with Gasteiger partial charge in [-0.25, -0.2) is 15.0 Å². The molecule has 0 amide bonds. The molecule has 348 valence electrons. The third-order valence-electron chi connectivity index (χ3n) is 15.3. The van der Waals surface area contributed by atoms with Crippen LogP contribution in [-0.4, -0.2) is 24.1 Å². The van der Waals surface area contributed by atoms with Crippen LogP contribution >= 0.6 is 0 Å². The zero-order valence-corrected chi connectivity index (χ0v) is 40.3. The van der Waals surface area contributed by atoms with Gasteiger partial charge in [-0.2, -0.15) is 0 Å². The maximum atomic E-state index is 6.70. The van der Waals surface area contributed by atoms with Crippen LogP contribution in [0, 0.1) is 0 Å². The molecule has 0 saturated heterocycles. The molecule has 6 heteroatoms. The second-order valence-electron chi connectivity index (χ2n) is 19.6. The summed E-state index contributed by atoms with van der Waals surface area (Å²) in [5.41, 5.74) is 13.3. The standard InChI is InChI=1S/C69H41N5O/c1-3-13-42(14-4-1)43-23-25-45(26-24-43)67-70-68(72-69(71-67)51-28-32-55-54-21-11-12-22-60(54)73(61(55)40-51)52-19-5-2-6-20-52)50-30-33-64-59(37-50)66-56-41-53(31-27-44(56)29-34-65(66)75-64)74-62-38-48-17-9-7-15-46(48)35-57(62)58-36-47-16-8-10-18-49(47)39-63(58)74/h1-41H. The van der Waals surface area contributed by atoms with Gasteiger partial charge in [0, 0.05) is 60.4 Å². The second kappa shape index (κ2) is 16.2. The Kier molecular flexibility index (Phi) is 8.94. The van der Waals surface area contributed by atoms with E-state index in [9.17, 15) is 0 Å². The summed E-state index contributed by atoms with van der Waals surface area (Å²) in [4.78, 5) is 15.9. The fourth-order valence-electron chi connectivity index (χ4n) is 11.7. The smallest absolute Gasteiger partial charge is 0.164 e. The van der Waals surface area contributed by atoms with Crippen molar-refractivity contribution in [3.63, 3.8) is 0 Å². The van der Waals surface area contributed by atoms with Crippen molar-refractivity contribution in [1.82, 2.24) is 24.1 Å². The van der Waals surface area contributed by atoms with Gasteiger partial charge >= 0.3 is 0 Å². The molecule has 0 N–H and O–H groups in total. The van der Waals surface area contributed by atoms with Crippen molar-refractivity contribution in [2.24, 2.45) is 0 Å². The predicted octanol–water partition coefficient (Wildman–Crippen LogP) is 18.1. The zero-order valence-electron chi connectivity index (χ0n) is 40.3. The van der Waals surface area contributed by atoms with Gasteiger partial charge in [0.1, 0.15) is 11.2 Å². The maximum absolute atomic E-state index is 6.70. The molecule has 16 rings (SSSR count). The summed E-state index contributed by atoms with van der Waals surface area (Å²) in [6, 6.07) is 88.8. The molecule has 0 spiro atoms. The van der Waals surface area contributed by atoms with E-state index in [-0.39, 0.29) is 0 Å². The first-order valence-electron chi connectivity index (χ1n) is 25.4. The van der Waals surface area contributed by atoms with Crippen LogP contribution in [0.3, 0.4) is 0 Å². The number of benzene rings is 12. The van der Waals surface area contributed by atoms with Crippen LogP contribution in [0.1, 0.15) is 0 Å². The second-order valence-corrected chi connectivity index (χ2v) is 19.6. The fourth-order valence-corrected chi connectivity index (χ4v) is 11.7. The lowest BCUT2D eigenvalue weighted by Gasteiger charge is -2.11. The average Bonchev–Trinajstić information content (AvgIpc) is 4.15. The number of para-hydroxylation sites is 2.